The van der Waals surface area contributed by atoms with Crippen molar-refractivity contribution in [1.29, 1.82) is 0 Å². The molecule has 0 aliphatic heterocycles. The molecule has 0 heterocycles. The van der Waals surface area contributed by atoms with Crippen LogP contribution in [0.3, 0.4) is 0 Å². The van der Waals surface area contributed by atoms with E-state index in [1.165, 1.54) is 22.3 Å². The molecule has 0 spiro atoms. The molecule has 0 saturated heterocycles. The van der Waals surface area contributed by atoms with Gasteiger partial charge in [0.1, 0.15) is 0 Å². The second-order valence-corrected chi connectivity index (χ2v) is 5.89. The number of hydrogen-bond acceptors (Lipinski definition) is 1. The van der Waals surface area contributed by atoms with Crippen molar-refractivity contribution >= 4 is 16.9 Å². The minimum atomic E-state index is 1.09. The summed E-state index contributed by atoms with van der Waals surface area (Å²) in [4.78, 5) is 0. The molecule has 0 bridgehead atoms. The predicted octanol–water partition coefficient (Wildman–Crippen LogP) is 7.08. The van der Waals surface area contributed by atoms with Gasteiger partial charge in [0.25, 0.3) is 0 Å². The van der Waals surface area contributed by atoms with E-state index in [9.17, 15) is 0 Å². The van der Waals surface area contributed by atoms with Gasteiger partial charge in [-0.3, -0.25) is 0 Å². The van der Waals surface area contributed by atoms with Gasteiger partial charge in [-0.05, 0) is 60.4 Å². The van der Waals surface area contributed by atoms with Crippen molar-refractivity contribution in [2.24, 2.45) is 0 Å². The Balaban J connectivity index is 1.76. The topological polar surface area (TPSA) is 12.0 Å². The van der Waals surface area contributed by atoms with Gasteiger partial charge in [0.15, 0.2) is 0 Å². The molecule has 0 fully saturated rings. The lowest BCUT2D eigenvalue weighted by Crippen LogP contribution is -1.89. The number of rotatable bonds is 5. The van der Waals surface area contributed by atoms with E-state index < -0.39 is 0 Å². The lowest BCUT2D eigenvalue weighted by Gasteiger charge is -2.09. The minimum Gasteiger partial charge on any atom is -0.356 e. The maximum atomic E-state index is 3.41. The lowest BCUT2D eigenvalue weighted by atomic mass is 10.00. The highest BCUT2D eigenvalue weighted by Crippen LogP contribution is 2.25. The largest absolute Gasteiger partial charge is 0.356 e. The Kier molecular flexibility index (Phi) is 5.48. The molecule has 3 aromatic carbocycles. The van der Waals surface area contributed by atoms with Crippen LogP contribution < -0.4 is 5.32 Å². The first-order chi connectivity index (χ1) is 12.3. The standard InChI is InChI=1S/C24H23N/c1-3-8-19(4-2)20-11-13-21(14-12-20)22-15-17-24(18-16-22)25-23-9-6-5-7-10-23/h3-18,25H,1-2H3/b8-3-,19-4+. The smallest absolute Gasteiger partial charge is 0.0384 e. The van der Waals surface area contributed by atoms with Crippen LogP contribution in [0.2, 0.25) is 0 Å². The molecule has 0 amide bonds. The van der Waals surface area contributed by atoms with E-state index in [0.717, 1.165) is 11.4 Å². The number of anilines is 2. The second-order valence-electron chi connectivity index (χ2n) is 5.89. The Bertz CT molecular complexity index is 854. The average Bonchev–Trinajstić information content (AvgIpc) is 2.68. The summed E-state index contributed by atoms with van der Waals surface area (Å²) in [7, 11) is 0. The highest BCUT2D eigenvalue weighted by molar-refractivity contribution is 5.76. The van der Waals surface area contributed by atoms with Crippen LogP contribution in [0.25, 0.3) is 16.7 Å². The predicted molar refractivity (Wildman–Crippen MR) is 110 cm³/mol. The summed E-state index contributed by atoms with van der Waals surface area (Å²) in [5, 5.41) is 3.41. The molecule has 124 valence electrons. The van der Waals surface area contributed by atoms with Gasteiger partial charge in [-0.2, -0.15) is 0 Å². The van der Waals surface area contributed by atoms with Crippen LogP contribution in [0.15, 0.2) is 97.1 Å². The second kappa shape index (κ2) is 8.16. The van der Waals surface area contributed by atoms with Crippen molar-refractivity contribution < 1.29 is 0 Å². The molecule has 3 aromatic rings. The first-order valence-electron chi connectivity index (χ1n) is 8.62. The molecule has 0 aliphatic rings. The van der Waals surface area contributed by atoms with Crippen LogP contribution in [0.5, 0.6) is 0 Å². The monoisotopic (exact) mass is 325 g/mol. The highest BCUT2D eigenvalue weighted by atomic mass is 14.9. The summed E-state index contributed by atoms with van der Waals surface area (Å²) in [5.41, 5.74) is 7.13. The van der Waals surface area contributed by atoms with E-state index in [1.807, 2.05) is 25.1 Å². The fraction of sp³-hybridized carbons (Fsp3) is 0.0833. The van der Waals surface area contributed by atoms with E-state index in [0.29, 0.717) is 0 Å². The molecular formula is C24H23N. The third kappa shape index (κ3) is 4.27. The number of allylic oxidation sites excluding steroid dienone is 4. The first kappa shape index (κ1) is 16.8. The minimum absolute atomic E-state index is 1.09. The van der Waals surface area contributed by atoms with E-state index >= 15 is 0 Å². The first-order valence-corrected chi connectivity index (χ1v) is 8.62. The number of nitrogens with one attached hydrogen (secondary N) is 1. The molecule has 0 atom stereocenters. The van der Waals surface area contributed by atoms with Crippen molar-refractivity contribution in [2.45, 2.75) is 13.8 Å². The van der Waals surface area contributed by atoms with Gasteiger partial charge in [0, 0.05) is 11.4 Å². The Morgan fingerprint density at radius 3 is 1.80 bits per heavy atom. The summed E-state index contributed by atoms with van der Waals surface area (Å²) < 4.78 is 0. The molecule has 1 heteroatoms. The third-order valence-corrected chi connectivity index (χ3v) is 4.16. The van der Waals surface area contributed by atoms with Gasteiger partial charge in [0.2, 0.25) is 0 Å². The Hall–Kier alpha value is -3.06. The van der Waals surface area contributed by atoms with Crippen LogP contribution in [0.4, 0.5) is 11.4 Å². The van der Waals surface area contributed by atoms with Gasteiger partial charge in [-0.15, -0.1) is 0 Å². The molecule has 0 aliphatic carbocycles. The molecule has 3 rings (SSSR count). The van der Waals surface area contributed by atoms with E-state index in [-0.39, 0.29) is 0 Å². The SMILES string of the molecule is C/C=C\C(=C/C)c1ccc(-c2ccc(Nc3ccccc3)cc2)cc1. The normalized spacial score (nSPS) is 11.7. The number of para-hydroxylation sites is 1. The van der Waals surface area contributed by atoms with Crippen LogP contribution in [0.1, 0.15) is 19.4 Å². The van der Waals surface area contributed by atoms with Gasteiger partial charge in [-0.25, -0.2) is 0 Å². The number of benzene rings is 3. The lowest BCUT2D eigenvalue weighted by molar-refractivity contribution is 1.53. The zero-order valence-electron chi connectivity index (χ0n) is 14.7. The maximum absolute atomic E-state index is 3.41. The molecule has 0 saturated carbocycles. The van der Waals surface area contributed by atoms with E-state index in [2.05, 4.69) is 91.1 Å². The summed E-state index contributed by atoms with van der Waals surface area (Å²) in [5.74, 6) is 0. The van der Waals surface area contributed by atoms with Crippen LogP contribution in [-0.4, -0.2) is 0 Å². The molecule has 0 unspecified atom stereocenters. The van der Waals surface area contributed by atoms with Crippen molar-refractivity contribution in [3.8, 4) is 11.1 Å². The molecule has 0 radical (unpaired) electrons. The summed E-state index contributed by atoms with van der Waals surface area (Å²) in [6.07, 6.45) is 6.35. The fourth-order valence-corrected chi connectivity index (χ4v) is 2.83. The van der Waals surface area contributed by atoms with Crippen LogP contribution >= 0.6 is 0 Å². The van der Waals surface area contributed by atoms with Gasteiger partial charge < -0.3 is 5.32 Å². The highest BCUT2D eigenvalue weighted by Gasteiger charge is 2.01. The average molecular weight is 325 g/mol. The summed E-state index contributed by atoms with van der Waals surface area (Å²) >= 11 is 0. The van der Waals surface area contributed by atoms with Crippen molar-refractivity contribution in [1.82, 2.24) is 0 Å². The summed E-state index contributed by atoms with van der Waals surface area (Å²) in [6, 6.07) is 27.5. The Morgan fingerprint density at radius 1 is 0.680 bits per heavy atom. The quantitative estimate of drug-likeness (QED) is 0.494. The van der Waals surface area contributed by atoms with Crippen molar-refractivity contribution in [2.75, 3.05) is 5.32 Å². The van der Waals surface area contributed by atoms with Crippen LogP contribution in [0, 0.1) is 0 Å². The molecule has 0 aromatic heterocycles. The third-order valence-electron chi connectivity index (χ3n) is 4.16. The van der Waals surface area contributed by atoms with Gasteiger partial charge >= 0.3 is 0 Å². The zero-order chi connectivity index (χ0) is 17.5. The Morgan fingerprint density at radius 2 is 1.24 bits per heavy atom. The zero-order valence-corrected chi connectivity index (χ0v) is 14.7. The fourth-order valence-electron chi connectivity index (χ4n) is 2.83. The molecule has 1 nitrogen and oxygen atoms in total. The number of hydrogen-bond donors (Lipinski definition) is 1. The molecule has 25 heavy (non-hydrogen) atoms. The van der Waals surface area contributed by atoms with Gasteiger partial charge in [-0.1, -0.05) is 72.8 Å². The molecule has 1 N–H and O–H groups in total. The molecular weight excluding hydrogens is 302 g/mol. The summed E-state index contributed by atoms with van der Waals surface area (Å²) in [6.45, 7) is 4.12. The van der Waals surface area contributed by atoms with Crippen molar-refractivity contribution in [3.63, 3.8) is 0 Å². The maximum Gasteiger partial charge on any atom is 0.0384 e. The van der Waals surface area contributed by atoms with Crippen LogP contribution in [-0.2, 0) is 0 Å². The van der Waals surface area contributed by atoms with E-state index in [4.69, 9.17) is 0 Å². The van der Waals surface area contributed by atoms with E-state index in [1.54, 1.807) is 0 Å². The van der Waals surface area contributed by atoms with Gasteiger partial charge in [0.05, 0.1) is 0 Å². The Labute approximate surface area is 150 Å². The van der Waals surface area contributed by atoms with Crippen molar-refractivity contribution in [3.05, 3.63) is 103 Å².